The molecule has 0 bridgehead atoms. The minimum Gasteiger partial charge on any atom is -0.360 e. The van der Waals surface area contributed by atoms with Crippen molar-refractivity contribution in [2.24, 2.45) is 0 Å². The van der Waals surface area contributed by atoms with Crippen LogP contribution in [0.25, 0.3) is 0 Å². The van der Waals surface area contributed by atoms with E-state index in [-0.39, 0.29) is 30.7 Å². The summed E-state index contributed by atoms with van der Waals surface area (Å²) in [5.74, 6) is -0.00758. The Morgan fingerprint density at radius 1 is 1.08 bits per heavy atom. The monoisotopic (exact) mass is 359 g/mol. The molecule has 0 spiro atoms. The topological polar surface area (TPSA) is 61.4 Å². The summed E-state index contributed by atoms with van der Waals surface area (Å²) >= 11 is 1.78. The fraction of sp³-hybridized carbons (Fsp3) is 0.222. The van der Waals surface area contributed by atoms with Crippen molar-refractivity contribution in [3.8, 4) is 0 Å². The summed E-state index contributed by atoms with van der Waals surface area (Å²) in [6, 6.07) is 13.4. The molecule has 2 aromatic rings. The lowest BCUT2D eigenvalue weighted by Gasteiger charge is -2.30. The van der Waals surface area contributed by atoms with Crippen molar-refractivity contribution in [2.75, 3.05) is 35.6 Å². The van der Waals surface area contributed by atoms with Gasteiger partial charge in [-0.3, -0.25) is 9.59 Å². The van der Waals surface area contributed by atoms with E-state index < -0.39 is 0 Å². The Morgan fingerprint density at radius 2 is 1.84 bits per heavy atom. The first-order valence-corrected chi connectivity index (χ1v) is 8.89. The molecule has 0 saturated carbocycles. The van der Waals surface area contributed by atoms with E-state index in [0.29, 0.717) is 5.69 Å². The van der Waals surface area contributed by atoms with Gasteiger partial charge in [-0.15, -0.1) is 11.8 Å². The number of amides is 2. The van der Waals surface area contributed by atoms with Gasteiger partial charge in [0.25, 0.3) is 0 Å². The van der Waals surface area contributed by atoms with Crippen LogP contribution in [0.1, 0.15) is 0 Å². The van der Waals surface area contributed by atoms with Crippen LogP contribution in [-0.2, 0) is 9.59 Å². The van der Waals surface area contributed by atoms with Gasteiger partial charge in [0.15, 0.2) is 0 Å². The van der Waals surface area contributed by atoms with Gasteiger partial charge in [-0.2, -0.15) is 0 Å². The van der Waals surface area contributed by atoms with Gasteiger partial charge < -0.3 is 15.5 Å². The molecule has 3 rings (SSSR count). The number of carbonyl (C=O) groups is 2. The standard InChI is InChI=1S/C18H18FN3O2S/c19-13-5-7-14(8-6-13)21-17(23)11-20-18(24)12-22-9-10-25-16-4-2-1-3-15(16)22/h1-8H,9-12H2,(H,20,24)(H,21,23). The number of nitrogens with zero attached hydrogens (tertiary/aromatic N) is 1. The fourth-order valence-electron chi connectivity index (χ4n) is 2.54. The van der Waals surface area contributed by atoms with Gasteiger partial charge in [-0.25, -0.2) is 4.39 Å². The van der Waals surface area contributed by atoms with E-state index in [2.05, 4.69) is 10.6 Å². The summed E-state index contributed by atoms with van der Waals surface area (Å²) in [5, 5.41) is 5.23. The highest BCUT2D eigenvalue weighted by Gasteiger charge is 2.19. The molecule has 7 heteroatoms. The number of carbonyl (C=O) groups excluding carboxylic acids is 2. The number of hydrogen-bond acceptors (Lipinski definition) is 4. The molecule has 0 aromatic heterocycles. The number of hydrogen-bond donors (Lipinski definition) is 2. The van der Waals surface area contributed by atoms with Gasteiger partial charge in [-0.1, -0.05) is 12.1 Å². The second kappa shape index (κ2) is 8.02. The summed E-state index contributed by atoms with van der Waals surface area (Å²) in [5.41, 5.74) is 1.53. The molecule has 5 nitrogen and oxygen atoms in total. The molecule has 2 amide bonds. The molecule has 1 aliphatic heterocycles. The molecule has 25 heavy (non-hydrogen) atoms. The van der Waals surface area contributed by atoms with Crippen LogP contribution in [0.2, 0.25) is 0 Å². The molecular weight excluding hydrogens is 341 g/mol. The largest absolute Gasteiger partial charge is 0.360 e. The highest BCUT2D eigenvalue weighted by atomic mass is 32.2. The van der Waals surface area contributed by atoms with Crippen LogP contribution in [0.5, 0.6) is 0 Å². The Kier molecular flexibility index (Phi) is 5.55. The van der Waals surface area contributed by atoms with Gasteiger partial charge in [0.05, 0.1) is 18.8 Å². The quantitative estimate of drug-likeness (QED) is 0.861. The van der Waals surface area contributed by atoms with E-state index in [9.17, 15) is 14.0 Å². The van der Waals surface area contributed by atoms with Crippen LogP contribution < -0.4 is 15.5 Å². The van der Waals surface area contributed by atoms with E-state index in [1.165, 1.54) is 24.3 Å². The Balaban J connectivity index is 1.48. The van der Waals surface area contributed by atoms with Crippen LogP contribution in [-0.4, -0.2) is 37.2 Å². The van der Waals surface area contributed by atoms with Gasteiger partial charge in [0, 0.05) is 22.9 Å². The zero-order valence-electron chi connectivity index (χ0n) is 13.5. The second-order valence-electron chi connectivity index (χ2n) is 5.57. The first-order chi connectivity index (χ1) is 12.1. The molecular formula is C18H18FN3O2S. The third kappa shape index (κ3) is 4.73. The number of anilines is 2. The van der Waals surface area contributed by atoms with Crippen LogP contribution in [0.15, 0.2) is 53.4 Å². The fourth-order valence-corrected chi connectivity index (χ4v) is 3.59. The Labute approximate surface area is 149 Å². The average Bonchev–Trinajstić information content (AvgIpc) is 2.62. The second-order valence-corrected chi connectivity index (χ2v) is 6.71. The molecule has 0 saturated heterocycles. The van der Waals surface area contributed by atoms with E-state index in [1.54, 1.807) is 11.8 Å². The molecule has 0 radical (unpaired) electrons. The Hall–Kier alpha value is -2.54. The van der Waals surface area contributed by atoms with E-state index in [0.717, 1.165) is 22.9 Å². The predicted octanol–water partition coefficient (Wildman–Crippen LogP) is 2.49. The third-order valence-electron chi connectivity index (χ3n) is 3.73. The zero-order chi connectivity index (χ0) is 17.6. The minimum atomic E-state index is -0.369. The molecule has 130 valence electrons. The number of benzene rings is 2. The lowest BCUT2D eigenvalue weighted by atomic mass is 10.2. The zero-order valence-corrected chi connectivity index (χ0v) is 14.3. The number of rotatable bonds is 5. The normalized spacial score (nSPS) is 13.1. The highest BCUT2D eigenvalue weighted by Crippen LogP contribution is 2.33. The molecule has 1 heterocycles. The summed E-state index contributed by atoms with van der Waals surface area (Å²) in [4.78, 5) is 27.2. The van der Waals surface area contributed by atoms with Crippen molar-refractivity contribution in [1.82, 2.24) is 5.32 Å². The van der Waals surface area contributed by atoms with Crippen molar-refractivity contribution >= 4 is 35.0 Å². The Morgan fingerprint density at radius 3 is 2.64 bits per heavy atom. The summed E-state index contributed by atoms with van der Waals surface area (Å²) in [7, 11) is 0. The first-order valence-electron chi connectivity index (χ1n) is 7.91. The summed E-state index contributed by atoms with van der Waals surface area (Å²) < 4.78 is 12.8. The molecule has 0 unspecified atom stereocenters. The lowest BCUT2D eigenvalue weighted by molar-refractivity contribution is -0.123. The van der Waals surface area contributed by atoms with Gasteiger partial charge in [0.2, 0.25) is 11.8 Å². The summed E-state index contributed by atoms with van der Waals surface area (Å²) in [6.45, 7) is 0.874. The van der Waals surface area contributed by atoms with Gasteiger partial charge in [0.1, 0.15) is 5.82 Å². The van der Waals surface area contributed by atoms with Gasteiger partial charge in [-0.05, 0) is 36.4 Å². The molecule has 0 fully saturated rings. The molecule has 0 atom stereocenters. The lowest BCUT2D eigenvalue weighted by Crippen LogP contribution is -2.42. The highest BCUT2D eigenvalue weighted by molar-refractivity contribution is 7.99. The van der Waals surface area contributed by atoms with E-state index in [1.807, 2.05) is 29.2 Å². The number of halogens is 1. The maximum absolute atomic E-state index is 12.8. The summed E-state index contributed by atoms with van der Waals surface area (Å²) in [6.07, 6.45) is 0. The van der Waals surface area contributed by atoms with Crippen molar-refractivity contribution in [1.29, 1.82) is 0 Å². The van der Waals surface area contributed by atoms with Crippen LogP contribution in [0.4, 0.5) is 15.8 Å². The number of para-hydroxylation sites is 1. The SMILES string of the molecule is O=C(CN1CCSc2ccccc21)NCC(=O)Nc1ccc(F)cc1. The number of fused-ring (bicyclic) bond motifs is 1. The van der Waals surface area contributed by atoms with Gasteiger partial charge >= 0.3 is 0 Å². The average molecular weight is 359 g/mol. The maximum Gasteiger partial charge on any atom is 0.243 e. The molecule has 1 aliphatic rings. The molecule has 2 N–H and O–H groups in total. The Bertz CT molecular complexity index is 767. The van der Waals surface area contributed by atoms with Crippen LogP contribution in [0.3, 0.4) is 0 Å². The van der Waals surface area contributed by atoms with Crippen molar-refractivity contribution in [2.45, 2.75) is 4.90 Å². The number of thioether (sulfide) groups is 1. The first kappa shape index (κ1) is 17.3. The van der Waals surface area contributed by atoms with Crippen LogP contribution >= 0.6 is 11.8 Å². The number of nitrogens with one attached hydrogen (secondary N) is 2. The third-order valence-corrected chi connectivity index (χ3v) is 4.78. The molecule has 0 aliphatic carbocycles. The van der Waals surface area contributed by atoms with Crippen LogP contribution in [0, 0.1) is 5.82 Å². The van der Waals surface area contributed by atoms with Crippen molar-refractivity contribution in [3.63, 3.8) is 0 Å². The maximum atomic E-state index is 12.8. The van der Waals surface area contributed by atoms with Crippen molar-refractivity contribution < 1.29 is 14.0 Å². The predicted molar refractivity (Wildman–Crippen MR) is 97.4 cm³/mol. The minimum absolute atomic E-state index is 0.125. The van der Waals surface area contributed by atoms with Crippen molar-refractivity contribution in [3.05, 3.63) is 54.3 Å². The van der Waals surface area contributed by atoms with E-state index in [4.69, 9.17) is 0 Å². The van der Waals surface area contributed by atoms with E-state index >= 15 is 0 Å². The smallest absolute Gasteiger partial charge is 0.243 e. The molecule has 2 aromatic carbocycles.